The van der Waals surface area contributed by atoms with Gasteiger partial charge in [-0.2, -0.15) is 0 Å². The molecule has 5 fully saturated rings. The fourth-order valence-corrected chi connectivity index (χ4v) is 6.01. The van der Waals surface area contributed by atoms with Crippen molar-refractivity contribution in [2.24, 2.45) is 28.1 Å². The van der Waals surface area contributed by atoms with Crippen LogP contribution in [0.1, 0.15) is 44.7 Å². The zero-order valence-electron chi connectivity index (χ0n) is 12.1. The molecule has 3 unspecified atom stereocenters. The third kappa shape index (κ3) is 0.878. The van der Waals surface area contributed by atoms with Gasteiger partial charge in [-0.25, -0.2) is 0 Å². The van der Waals surface area contributed by atoms with E-state index in [2.05, 4.69) is 52.0 Å². The van der Waals surface area contributed by atoms with E-state index in [9.17, 15) is 0 Å². The summed E-state index contributed by atoms with van der Waals surface area (Å²) >= 11 is 0. The summed E-state index contributed by atoms with van der Waals surface area (Å²) in [5.41, 5.74) is 4.94. The van der Waals surface area contributed by atoms with E-state index in [1.807, 2.05) is 0 Å². The van der Waals surface area contributed by atoms with Gasteiger partial charge in [-0.1, -0.05) is 45.0 Å². The van der Waals surface area contributed by atoms with E-state index in [0.29, 0.717) is 16.2 Å². The maximum Gasteiger partial charge on any atom is -0.0164 e. The molecule has 0 aliphatic heterocycles. The van der Waals surface area contributed by atoms with Crippen LogP contribution in [-0.4, -0.2) is 0 Å². The molecule has 0 spiro atoms. The van der Waals surface area contributed by atoms with E-state index in [4.69, 9.17) is 0 Å². The summed E-state index contributed by atoms with van der Waals surface area (Å²) in [6.07, 6.45) is 4.33. The standard InChI is InChI=1S/C18H24/c1-12-7-5-6-8-13(12)9-18-11-14-15(18)10-17(18,4)16(14,2)3/h5-8,14-15H,9-11H2,1-4H3/t14?,15?,17?,18-/m0/s1. The van der Waals surface area contributed by atoms with Crippen molar-refractivity contribution < 1.29 is 0 Å². The van der Waals surface area contributed by atoms with Gasteiger partial charge in [0.05, 0.1) is 0 Å². The predicted octanol–water partition coefficient (Wildman–Crippen LogP) is 4.61. The van der Waals surface area contributed by atoms with E-state index in [1.54, 1.807) is 5.56 Å². The number of rotatable bonds is 2. The van der Waals surface area contributed by atoms with Crippen LogP contribution in [0.3, 0.4) is 0 Å². The second-order valence-electron chi connectivity index (χ2n) is 7.93. The van der Waals surface area contributed by atoms with Crippen LogP contribution in [-0.2, 0) is 6.42 Å². The Bertz CT molecular complexity index is 527. The highest BCUT2D eigenvalue weighted by Crippen LogP contribution is 2.90. The van der Waals surface area contributed by atoms with Crippen molar-refractivity contribution in [2.75, 3.05) is 0 Å². The van der Waals surface area contributed by atoms with Crippen LogP contribution in [0.2, 0.25) is 0 Å². The van der Waals surface area contributed by atoms with E-state index in [-0.39, 0.29) is 0 Å². The van der Waals surface area contributed by atoms with Crippen LogP contribution >= 0.6 is 0 Å². The number of benzene rings is 1. The van der Waals surface area contributed by atoms with Crippen molar-refractivity contribution in [3.05, 3.63) is 35.4 Å². The van der Waals surface area contributed by atoms with Crippen LogP contribution < -0.4 is 0 Å². The monoisotopic (exact) mass is 240 g/mol. The lowest BCUT2D eigenvalue weighted by Crippen LogP contribution is -2.58. The maximum absolute atomic E-state index is 2.58. The van der Waals surface area contributed by atoms with Crippen molar-refractivity contribution in [2.45, 2.75) is 47.0 Å². The third-order valence-corrected chi connectivity index (χ3v) is 7.62. The first-order valence-electron chi connectivity index (χ1n) is 7.47. The minimum Gasteiger partial charge on any atom is -0.0620 e. The van der Waals surface area contributed by atoms with Crippen molar-refractivity contribution in [1.82, 2.24) is 0 Å². The molecule has 0 N–H and O–H groups in total. The predicted molar refractivity (Wildman–Crippen MR) is 75.4 cm³/mol. The van der Waals surface area contributed by atoms with E-state index in [0.717, 1.165) is 11.8 Å². The first kappa shape index (κ1) is 11.1. The van der Waals surface area contributed by atoms with Crippen molar-refractivity contribution >= 4 is 0 Å². The topological polar surface area (TPSA) is 0 Å². The lowest BCUT2D eigenvalue weighted by molar-refractivity contribution is -0.149. The Labute approximate surface area is 111 Å². The van der Waals surface area contributed by atoms with Crippen molar-refractivity contribution in [3.8, 4) is 0 Å². The molecule has 1 aromatic carbocycles. The fourth-order valence-electron chi connectivity index (χ4n) is 6.01. The van der Waals surface area contributed by atoms with Crippen LogP contribution in [0, 0.1) is 35.0 Å². The summed E-state index contributed by atoms with van der Waals surface area (Å²) in [7, 11) is 0. The molecule has 0 saturated heterocycles. The van der Waals surface area contributed by atoms with Crippen molar-refractivity contribution in [3.63, 3.8) is 0 Å². The molecular weight excluding hydrogens is 216 g/mol. The summed E-state index contributed by atoms with van der Waals surface area (Å²) in [6, 6.07) is 9.01. The lowest BCUT2D eigenvalue weighted by Gasteiger charge is -2.64. The first-order valence-corrected chi connectivity index (χ1v) is 7.47. The van der Waals surface area contributed by atoms with Crippen LogP contribution in [0.4, 0.5) is 0 Å². The Morgan fingerprint density at radius 1 is 1.06 bits per heavy atom. The quantitative estimate of drug-likeness (QED) is 0.708. The molecule has 4 bridgehead atoms. The van der Waals surface area contributed by atoms with E-state index >= 15 is 0 Å². The van der Waals surface area contributed by atoms with Crippen LogP contribution in [0.15, 0.2) is 24.3 Å². The van der Waals surface area contributed by atoms with Gasteiger partial charge in [0.1, 0.15) is 0 Å². The number of aryl methyl sites for hydroxylation is 1. The molecule has 0 nitrogen and oxygen atoms in total. The summed E-state index contributed by atoms with van der Waals surface area (Å²) in [4.78, 5) is 0. The summed E-state index contributed by atoms with van der Waals surface area (Å²) in [5.74, 6) is 2.06. The minimum atomic E-state index is 0.584. The van der Waals surface area contributed by atoms with Gasteiger partial charge in [0.15, 0.2) is 0 Å². The molecule has 0 aromatic heterocycles. The average molecular weight is 240 g/mol. The Hall–Kier alpha value is -0.780. The zero-order valence-corrected chi connectivity index (χ0v) is 12.1. The number of hydrogen-bond donors (Lipinski definition) is 0. The fraction of sp³-hybridized carbons (Fsp3) is 0.667. The molecule has 4 atom stereocenters. The Morgan fingerprint density at radius 3 is 2.28 bits per heavy atom. The highest BCUT2D eigenvalue weighted by Gasteiger charge is 2.84. The highest BCUT2D eigenvalue weighted by molar-refractivity contribution is 5.37. The normalized spacial score (nSPS) is 46.4. The molecule has 0 heteroatoms. The smallest absolute Gasteiger partial charge is 0.0164 e. The Balaban J connectivity index is 1.72. The molecule has 0 heterocycles. The van der Waals surface area contributed by atoms with Gasteiger partial charge in [-0.05, 0) is 65.4 Å². The largest absolute Gasteiger partial charge is 0.0620 e. The Morgan fingerprint density at radius 2 is 1.78 bits per heavy atom. The van der Waals surface area contributed by atoms with Gasteiger partial charge in [-0.3, -0.25) is 0 Å². The maximum atomic E-state index is 2.58. The van der Waals surface area contributed by atoms with Gasteiger partial charge >= 0.3 is 0 Å². The molecule has 5 aliphatic carbocycles. The van der Waals surface area contributed by atoms with Gasteiger partial charge in [0.2, 0.25) is 0 Å². The molecule has 18 heavy (non-hydrogen) atoms. The van der Waals surface area contributed by atoms with Crippen LogP contribution in [0.5, 0.6) is 0 Å². The molecule has 0 amide bonds. The lowest BCUT2D eigenvalue weighted by atomic mass is 9.40. The zero-order chi connectivity index (χ0) is 12.8. The summed E-state index contributed by atoms with van der Waals surface area (Å²) in [5, 5.41) is 0. The molecule has 96 valence electrons. The SMILES string of the molecule is Cc1ccccc1C[C@]12CC3C1CC2(C)C3(C)C. The molecule has 5 aliphatic rings. The minimum absolute atomic E-state index is 0.584. The summed E-state index contributed by atoms with van der Waals surface area (Å²) < 4.78 is 0. The van der Waals surface area contributed by atoms with E-state index in [1.165, 1.54) is 24.8 Å². The van der Waals surface area contributed by atoms with Crippen molar-refractivity contribution in [1.29, 1.82) is 0 Å². The molecular formula is C18H24. The van der Waals surface area contributed by atoms with Gasteiger partial charge in [0, 0.05) is 0 Å². The van der Waals surface area contributed by atoms with Gasteiger partial charge in [-0.15, -0.1) is 0 Å². The summed E-state index contributed by atoms with van der Waals surface area (Å²) in [6.45, 7) is 9.92. The first-order chi connectivity index (χ1) is 8.42. The van der Waals surface area contributed by atoms with Crippen LogP contribution in [0.25, 0.3) is 0 Å². The second-order valence-corrected chi connectivity index (χ2v) is 7.93. The van der Waals surface area contributed by atoms with Gasteiger partial charge in [0.25, 0.3) is 0 Å². The number of hydrogen-bond acceptors (Lipinski definition) is 0. The third-order valence-electron chi connectivity index (χ3n) is 7.62. The average Bonchev–Trinajstić information content (AvgIpc) is 2.65. The molecule has 5 saturated carbocycles. The van der Waals surface area contributed by atoms with E-state index < -0.39 is 0 Å². The van der Waals surface area contributed by atoms with Gasteiger partial charge < -0.3 is 0 Å². The molecule has 0 radical (unpaired) electrons. The molecule has 6 rings (SSSR count). The highest BCUT2D eigenvalue weighted by atomic mass is 14.9. The Kier molecular flexibility index (Phi) is 1.76. The second kappa shape index (κ2) is 2.86. The molecule has 1 aromatic rings.